The standard InChI is InChI=1S/C21H32N4O2S/c1-15(2)18-7-5-9-24-20(18)13-21(22,8-6-10-28(23,26)27)12-19-17(4)11-16(3)14-25-19/h5,7,9,11,14-15H,6,8,10,12-13,22H2,1-4H3,(H2,23,26,27). The van der Waals surface area contributed by atoms with Crippen LogP contribution in [0.4, 0.5) is 0 Å². The van der Waals surface area contributed by atoms with E-state index < -0.39 is 15.6 Å². The van der Waals surface area contributed by atoms with E-state index in [9.17, 15) is 8.42 Å². The highest BCUT2D eigenvalue weighted by Gasteiger charge is 2.29. The van der Waals surface area contributed by atoms with E-state index in [1.165, 1.54) is 0 Å². The minimum absolute atomic E-state index is 0.0779. The van der Waals surface area contributed by atoms with Crippen LogP contribution in [0.25, 0.3) is 0 Å². The number of aryl methyl sites for hydroxylation is 2. The predicted molar refractivity (Wildman–Crippen MR) is 114 cm³/mol. The summed E-state index contributed by atoms with van der Waals surface area (Å²) < 4.78 is 22.8. The maximum Gasteiger partial charge on any atom is 0.209 e. The first kappa shape index (κ1) is 22.5. The van der Waals surface area contributed by atoms with Crippen molar-refractivity contribution in [1.82, 2.24) is 9.97 Å². The summed E-state index contributed by atoms with van der Waals surface area (Å²) in [5.74, 6) is 0.252. The third-order valence-corrected chi connectivity index (χ3v) is 5.87. The van der Waals surface area contributed by atoms with E-state index in [4.69, 9.17) is 10.9 Å². The number of sulfonamides is 1. The van der Waals surface area contributed by atoms with Crippen LogP contribution in [-0.2, 0) is 22.9 Å². The van der Waals surface area contributed by atoms with Crippen LogP contribution in [0, 0.1) is 13.8 Å². The van der Waals surface area contributed by atoms with Gasteiger partial charge in [-0.2, -0.15) is 0 Å². The van der Waals surface area contributed by atoms with E-state index >= 15 is 0 Å². The maximum absolute atomic E-state index is 11.4. The minimum Gasteiger partial charge on any atom is -0.324 e. The van der Waals surface area contributed by atoms with Gasteiger partial charge in [0.15, 0.2) is 0 Å². The zero-order valence-corrected chi connectivity index (χ0v) is 18.1. The molecule has 28 heavy (non-hydrogen) atoms. The van der Waals surface area contributed by atoms with Crippen LogP contribution in [0.15, 0.2) is 30.6 Å². The molecule has 0 spiro atoms. The van der Waals surface area contributed by atoms with Gasteiger partial charge in [0.2, 0.25) is 10.0 Å². The molecule has 0 aliphatic rings. The Labute approximate surface area is 168 Å². The fourth-order valence-corrected chi connectivity index (χ4v) is 4.13. The molecule has 0 aromatic carbocycles. The van der Waals surface area contributed by atoms with E-state index in [1.54, 1.807) is 6.20 Å². The van der Waals surface area contributed by atoms with Crippen LogP contribution in [0.3, 0.4) is 0 Å². The first-order valence-corrected chi connectivity index (χ1v) is 11.4. The van der Waals surface area contributed by atoms with Gasteiger partial charge in [0.25, 0.3) is 0 Å². The summed E-state index contributed by atoms with van der Waals surface area (Å²) in [7, 11) is -3.51. The van der Waals surface area contributed by atoms with Gasteiger partial charge in [-0.25, -0.2) is 13.6 Å². The molecule has 7 heteroatoms. The number of primary sulfonamides is 1. The number of hydrogen-bond acceptors (Lipinski definition) is 5. The Kier molecular flexibility index (Phi) is 7.31. The normalized spacial score (nSPS) is 14.2. The number of rotatable bonds is 9. The van der Waals surface area contributed by atoms with Gasteiger partial charge in [-0.1, -0.05) is 26.0 Å². The van der Waals surface area contributed by atoms with Crippen molar-refractivity contribution in [2.24, 2.45) is 10.9 Å². The van der Waals surface area contributed by atoms with E-state index in [1.807, 2.05) is 26.1 Å². The number of nitrogens with two attached hydrogens (primary N) is 2. The quantitative estimate of drug-likeness (QED) is 0.667. The van der Waals surface area contributed by atoms with Crippen LogP contribution in [0.1, 0.15) is 60.7 Å². The molecule has 0 amide bonds. The number of pyridine rings is 2. The van der Waals surface area contributed by atoms with Crippen LogP contribution >= 0.6 is 0 Å². The second-order valence-corrected chi connectivity index (χ2v) is 9.89. The van der Waals surface area contributed by atoms with Crippen molar-refractivity contribution in [1.29, 1.82) is 0 Å². The lowest BCUT2D eigenvalue weighted by Gasteiger charge is -2.31. The molecule has 0 saturated carbocycles. The van der Waals surface area contributed by atoms with Crippen molar-refractivity contribution < 1.29 is 8.42 Å². The second kappa shape index (κ2) is 9.11. The SMILES string of the molecule is Cc1cnc(CC(N)(CCCS(N)(=O)=O)Cc2ncccc2C(C)C)c(C)c1. The topological polar surface area (TPSA) is 112 Å². The Morgan fingerprint density at radius 3 is 2.43 bits per heavy atom. The number of nitrogens with zero attached hydrogens (tertiary/aromatic N) is 2. The number of hydrogen-bond donors (Lipinski definition) is 2. The molecule has 2 aromatic rings. The second-order valence-electron chi connectivity index (χ2n) is 8.16. The van der Waals surface area contributed by atoms with Crippen molar-refractivity contribution >= 4 is 10.0 Å². The smallest absolute Gasteiger partial charge is 0.209 e. The van der Waals surface area contributed by atoms with Gasteiger partial charge in [-0.3, -0.25) is 9.97 Å². The largest absolute Gasteiger partial charge is 0.324 e. The Bertz CT molecular complexity index is 912. The summed E-state index contributed by atoms with van der Waals surface area (Å²) in [6, 6.07) is 6.10. The highest BCUT2D eigenvalue weighted by molar-refractivity contribution is 7.89. The molecule has 0 fully saturated rings. The molecular formula is C21H32N4O2S. The van der Waals surface area contributed by atoms with Gasteiger partial charge in [0.1, 0.15) is 0 Å². The average Bonchev–Trinajstić information content (AvgIpc) is 2.56. The molecule has 0 aliphatic heterocycles. The molecule has 2 heterocycles. The van der Waals surface area contributed by atoms with Crippen LogP contribution in [0.5, 0.6) is 0 Å². The van der Waals surface area contributed by atoms with E-state index in [-0.39, 0.29) is 5.75 Å². The van der Waals surface area contributed by atoms with Gasteiger partial charge >= 0.3 is 0 Å². The van der Waals surface area contributed by atoms with E-state index in [2.05, 4.69) is 35.9 Å². The highest BCUT2D eigenvalue weighted by Crippen LogP contribution is 2.26. The summed E-state index contributed by atoms with van der Waals surface area (Å²) >= 11 is 0. The molecular weight excluding hydrogens is 372 g/mol. The third kappa shape index (κ3) is 6.65. The Morgan fingerprint density at radius 1 is 1.14 bits per heavy atom. The van der Waals surface area contributed by atoms with E-state index in [0.717, 1.165) is 28.1 Å². The lowest BCUT2D eigenvalue weighted by Crippen LogP contribution is -2.45. The lowest BCUT2D eigenvalue weighted by molar-refractivity contribution is 0.374. The molecule has 0 aliphatic carbocycles. The van der Waals surface area contributed by atoms with Gasteiger partial charge in [0, 0.05) is 42.2 Å². The molecule has 0 radical (unpaired) electrons. The molecule has 4 N–H and O–H groups in total. The Morgan fingerprint density at radius 2 is 1.82 bits per heavy atom. The molecule has 0 bridgehead atoms. The van der Waals surface area contributed by atoms with Crippen LogP contribution < -0.4 is 10.9 Å². The monoisotopic (exact) mass is 404 g/mol. The molecule has 2 rings (SSSR count). The van der Waals surface area contributed by atoms with Gasteiger partial charge in [-0.15, -0.1) is 0 Å². The van der Waals surface area contributed by atoms with Crippen molar-refractivity contribution in [2.45, 2.75) is 64.8 Å². The zero-order chi connectivity index (χ0) is 20.9. The molecule has 6 nitrogen and oxygen atoms in total. The number of aromatic nitrogens is 2. The fraction of sp³-hybridized carbons (Fsp3) is 0.524. The Balaban J connectivity index is 2.32. The van der Waals surface area contributed by atoms with Crippen LogP contribution in [0.2, 0.25) is 0 Å². The first-order valence-electron chi connectivity index (χ1n) is 9.64. The molecule has 0 saturated heterocycles. The van der Waals surface area contributed by atoms with Gasteiger partial charge < -0.3 is 5.73 Å². The average molecular weight is 405 g/mol. The van der Waals surface area contributed by atoms with Crippen molar-refractivity contribution in [3.8, 4) is 0 Å². The lowest BCUT2D eigenvalue weighted by atomic mass is 9.82. The summed E-state index contributed by atoms with van der Waals surface area (Å²) in [6.45, 7) is 8.30. The van der Waals surface area contributed by atoms with Gasteiger partial charge in [-0.05, 0) is 55.4 Å². The third-order valence-electron chi connectivity index (χ3n) is 5.01. The zero-order valence-electron chi connectivity index (χ0n) is 17.3. The summed E-state index contributed by atoms with van der Waals surface area (Å²) in [6.07, 6.45) is 5.66. The fourth-order valence-electron chi connectivity index (χ4n) is 3.58. The van der Waals surface area contributed by atoms with Crippen molar-refractivity contribution in [3.05, 3.63) is 58.7 Å². The van der Waals surface area contributed by atoms with Crippen molar-refractivity contribution in [3.63, 3.8) is 0 Å². The van der Waals surface area contributed by atoms with Gasteiger partial charge in [0.05, 0.1) is 5.75 Å². The first-order chi connectivity index (χ1) is 13.0. The molecule has 1 atom stereocenters. The molecule has 154 valence electrons. The molecule has 2 aromatic heterocycles. The minimum atomic E-state index is -3.51. The summed E-state index contributed by atoms with van der Waals surface area (Å²) in [4.78, 5) is 9.15. The van der Waals surface area contributed by atoms with E-state index in [0.29, 0.717) is 31.6 Å². The predicted octanol–water partition coefficient (Wildman–Crippen LogP) is 2.77. The maximum atomic E-state index is 11.4. The van der Waals surface area contributed by atoms with Crippen LogP contribution in [-0.4, -0.2) is 29.7 Å². The summed E-state index contributed by atoms with van der Waals surface area (Å²) in [5.41, 5.74) is 11.4. The Hall–Kier alpha value is -1.83. The molecule has 1 unspecified atom stereocenters. The highest BCUT2D eigenvalue weighted by atomic mass is 32.2. The van der Waals surface area contributed by atoms with Crippen molar-refractivity contribution in [2.75, 3.05) is 5.75 Å². The summed E-state index contributed by atoms with van der Waals surface area (Å²) in [5, 5.41) is 5.18.